The minimum Gasteiger partial charge on any atom is -0.266 e. The van der Waals surface area contributed by atoms with Crippen molar-refractivity contribution in [2.75, 3.05) is 0 Å². The molecule has 5 heteroatoms. The van der Waals surface area contributed by atoms with E-state index in [-0.39, 0.29) is 14.0 Å². The van der Waals surface area contributed by atoms with Gasteiger partial charge in [-0.1, -0.05) is 48.5 Å². The molecule has 106 valence electrons. The van der Waals surface area contributed by atoms with Crippen molar-refractivity contribution in [2.24, 2.45) is 0 Å². The summed E-state index contributed by atoms with van der Waals surface area (Å²) in [6.45, 7) is 0. The van der Waals surface area contributed by atoms with E-state index in [1.54, 1.807) is 0 Å². The SMILES string of the molecule is O=Pc1nc2nc(n1)-c1ccc(cc1)CCc1ccc-2cc1. The summed E-state index contributed by atoms with van der Waals surface area (Å²) < 4.78 is 11.2. The van der Waals surface area contributed by atoms with Crippen LogP contribution in [0.2, 0.25) is 0 Å². The molecule has 0 atom stereocenters. The average Bonchev–Trinajstić information content (AvgIpc) is 2.62. The van der Waals surface area contributed by atoms with Gasteiger partial charge in [-0.05, 0) is 24.0 Å². The number of nitrogens with zero attached hydrogens (tertiary/aromatic N) is 3. The van der Waals surface area contributed by atoms with E-state index in [1.165, 1.54) is 11.1 Å². The van der Waals surface area contributed by atoms with Crippen molar-refractivity contribution in [2.45, 2.75) is 12.8 Å². The fraction of sp³-hybridized carbons (Fsp3) is 0.118. The molecule has 7 rings (SSSR count). The normalized spacial score (nSPS) is 12.7. The molecular formula is C17H12N3OP. The Morgan fingerprint density at radius 1 is 0.682 bits per heavy atom. The highest BCUT2D eigenvalue weighted by Crippen LogP contribution is 2.22. The van der Waals surface area contributed by atoms with Crippen LogP contribution in [-0.2, 0) is 17.4 Å². The number of aryl methyl sites for hydroxylation is 2. The Bertz CT molecular complexity index is 779. The van der Waals surface area contributed by atoms with Crippen LogP contribution in [-0.4, -0.2) is 15.0 Å². The second-order valence-electron chi connectivity index (χ2n) is 5.27. The average molecular weight is 305 g/mol. The predicted octanol–water partition coefficient (Wildman–Crippen LogP) is 3.22. The maximum atomic E-state index is 11.2. The molecule has 0 radical (unpaired) electrons. The standard InChI is InChI=1S/C17H12N3OP/c21-22-17-19-15-13-7-3-11(4-8-13)1-2-12-5-9-14(10-6-12)16(18-15)20-17/h3-10H,1-2H2. The number of rotatable bonds is 1. The molecule has 3 aromatic rings. The van der Waals surface area contributed by atoms with Gasteiger partial charge < -0.3 is 0 Å². The summed E-state index contributed by atoms with van der Waals surface area (Å²) in [5.41, 5.74) is 4.63. The van der Waals surface area contributed by atoms with Crippen molar-refractivity contribution in [3.8, 4) is 22.8 Å². The Hall–Kier alpha value is -2.45. The van der Waals surface area contributed by atoms with Crippen LogP contribution in [0, 0.1) is 0 Å². The fourth-order valence-corrected chi connectivity index (χ4v) is 2.86. The van der Waals surface area contributed by atoms with E-state index < -0.39 is 0 Å². The van der Waals surface area contributed by atoms with Crippen LogP contribution in [0.5, 0.6) is 0 Å². The van der Waals surface area contributed by atoms with Gasteiger partial charge in [0.2, 0.25) is 14.0 Å². The van der Waals surface area contributed by atoms with E-state index in [0.29, 0.717) is 11.6 Å². The van der Waals surface area contributed by atoms with Gasteiger partial charge in [0.25, 0.3) is 0 Å². The summed E-state index contributed by atoms with van der Waals surface area (Å²) in [4.78, 5) is 13.1. The van der Waals surface area contributed by atoms with Gasteiger partial charge in [0.15, 0.2) is 11.6 Å². The maximum absolute atomic E-state index is 11.2. The summed E-state index contributed by atoms with van der Waals surface area (Å²) in [5, 5.41) is 0. The summed E-state index contributed by atoms with van der Waals surface area (Å²) in [6, 6.07) is 16.4. The van der Waals surface area contributed by atoms with Crippen LogP contribution in [0.4, 0.5) is 0 Å². The van der Waals surface area contributed by atoms with E-state index >= 15 is 0 Å². The summed E-state index contributed by atoms with van der Waals surface area (Å²) in [7, 11) is -0.200. The first-order valence-corrected chi connectivity index (χ1v) is 7.91. The minimum absolute atomic E-state index is 0.200. The molecule has 0 saturated carbocycles. The van der Waals surface area contributed by atoms with Crippen molar-refractivity contribution < 1.29 is 4.57 Å². The van der Waals surface area contributed by atoms with Crippen LogP contribution < -0.4 is 5.57 Å². The van der Waals surface area contributed by atoms with Gasteiger partial charge in [-0.25, -0.2) is 15.0 Å². The lowest BCUT2D eigenvalue weighted by Crippen LogP contribution is -2.10. The van der Waals surface area contributed by atoms with Crippen LogP contribution in [0.3, 0.4) is 0 Å². The Morgan fingerprint density at radius 2 is 1.14 bits per heavy atom. The number of aromatic nitrogens is 3. The molecule has 2 aromatic carbocycles. The molecule has 0 fully saturated rings. The highest BCUT2D eigenvalue weighted by atomic mass is 31.1. The van der Waals surface area contributed by atoms with Crippen molar-refractivity contribution in [3.05, 3.63) is 59.7 Å². The Labute approximate surface area is 129 Å². The molecule has 0 spiro atoms. The highest BCUT2D eigenvalue weighted by Gasteiger charge is 2.11. The molecule has 0 amide bonds. The van der Waals surface area contributed by atoms with Gasteiger partial charge in [-0.2, -0.15) is 0 Å². The quantitative estimate of drug-likeness (QED) is 0.648. The van der Waals surface area contributed by atoms with Gasteiger partial charge >= 0.3 is 0 Å². The molecular weight excluding hydrogens is 293 g/mol. The summed E-state index contributed by atoms with van der Waals surface area (Å²) in [5.74, 6) is 1.11. The Morgan fingerprint density at radius 3 is 1.55 bits per heavy atom. The molecule has 4 aliphatic heterocycles. The number of hydrogen-bond acceptors (Lipinski definition) is 4. The molecule has 4 nitrogen and oxygen atoms in total. The van der Waals surface area contributed by atoms with Crippen LogP contribution >= 0.6 is 8.46 Å². The van der Waals surface area contributed by atoms with E-state index in [1.807, 2.05) is 24.3 Å². The summed E-state index contributed by atoms with van der Waals surface area (Å²) in [6.07, 6.45) is 2.00. The molecule has 0 aliphatic carbocycles. The zero-order valence-corrected chi connectivity index (χ0v) is 12.6. The first kappa shape index (κ1) is 13.2. The number of hydrogen-bond donors (Lipinski definition) is 0. The highest BCUT2D eigenvalue weighted by molar-refractivity contribution is 7.33. The Kier molecular flexibility index (Phi) is 3.24. The second kappa shape index (κ2) is 5.39. The Balaban J connectivity index is 1.99. The predicted molar refractivity (Wildman–Crippen MR) is 85.3 cm³/mol. The van der Waals surface area contributed by atoms with Gasteiger partial charge in [0.1, 0.15) is 0 Å². The lowest BCUT2D eigenvalue weighted by molar-refractivity contribution is 0.602. The molecule has 5 heterocycles. The van der Waals surface area contributed by atoms with Gasteiger partial charge in [0, 0.05) is 11.1 Å². The van der Waals surface area contributed by atoms with E-state index in [9.17, 15) is 4.57 Å². The lowest BCUT2D eigenvalue weighted by Gasteiger charge is -2.05. The second-order valence-corrected chi connectivity index (χ2v) is 5.85. The van der Waals surface area contributed by atoms with Crippen molar-refractivity contribution >= 4 is 14.0 Å². The van der Waals surface area contributed by atoms with Gasteiger partial charge in [-0.15, -0.1) is 0 Å². The van der Waals surface area contributed by atoms with Crippen molar-refractivity contribution in [1.29, 1.82) is 0 Å². The van der Waals surface area contributed by atoms with Gasteiger partial charge in [0.05, 0.1) is 0 Å². The zero-order chi connectivity index (χ0) is 14.9. The molecule has 4 aliphatic rings. The zero-order valence-electron chi connectivity index (χ0n) is 11.7. The molecule has 1 aromatic heterocycles. The van der Waals surface area contributed by atoms with E-state index in [0.717, 1.165) is 24.0 Å². The molecule has 6 bridgehead atoms. The molecule has 0 saturated heterocycles. The third-order valence-electron chi connectivity index (χ3n) is 3.83. The summed E-state index contributed by atoms with van der Waals surface area (Å²) >= 11 is 0. The first-order valence-electron chi connectivity index (χ1n) is 7.10. The van der Waals surface area contributed by atoms with Crippen LogP contribution in [0.25, 0.3) is 22.8 Å². The molecule has 22 heavy (non-hydrogen) atoms. The minimum atomic E-state index is -0.200. The number of benzene rings is 2. The molecule has 0 N–H and O–H groups in total. The van der Waals surface area contributed by atoms with E-state index in [2.05, 4.69) is 39.2 Å². The topological polar surface area (TPSA) is 55.7 Å². The van der Waals surface area contributed by atoms with Crippen molar-refractivity contribution in [1.82, 2.24) is 15.0 Å². The lowest BCUT2D eigenvalue weighted by atomic mass is 10.0. The smallest absolute Gasteiger partial charge is 0.234 e. The van der Waals surface area contributed by atoms with Gasteiger partial charge in [-0.3, -0.25) is 4.57 Å². The van der Waals surface area contributed by atoms with E-state index in [4.69, 9.17) is 0 Å². The first-order chi connectivity index (χ1) is 10.8. The largest absolute Gasteiger partial charge is 0.266 e. The third kappa shape index (κ3) is 2.42. The van der Waals surface area contributed by atoms with Crippen LogP contribution in [0.1, 0.15) is 11.1 Å². The molecule has 0 unspecified atom stereocenters. The maximum Gasteiger partial charge on any atom is 0.234 e. The van der Waals surface area contributed by atoms with Crippen molar-refractivity contribution in [3.63, 3.8) is 0 Å². The third-order valence-corrected chi connectivity index (χ3v) is 4.20. The van der Waals surface area contributed by atoms with Crippen LogP contribution in [0.15, 0.2) is 48.5 Å². The fourth-order valence-electron chi connectivity index (χ4n) is 2.59. The monoisotopic (exact) mass is 305 g/mol.